The van der Waals surface area contributed by atoms with Gasteiger partial charge in [-0.05, 0) is 36.5 Å². The highest BCUT2D eigenvalue weighted by Crippen LogP contribution is 2.42. The molecule has 0 spiro atoms. The molecule has 0 heterocycles. The van der Waals surface area contributed by atoms with Crippen LogP contribution in [0.3, 0.4) is 0 Å². The third-order valence-corrected chi connectivity index (χ3v) is 4.50. The van der Waals surface area contributed by atoms with Crippen molar-refractivity contribution in [2.75, 3.05) is 0 Å². The molecule has 1 heteroatoms. The van der Waals surface area contributed by atoms with Gasteiger partial charge in [-0.15, -0.1) is 0 Å². The minimum atomic E-state index is -0.174. The predicted octanol–water partition coefficient (Wildman–Crippen LogP) is 5.95. The van der Waals surface area contributed by atoms with E-state index < -0.39 is 0 Å². The zero-order chi connectivity index (χ0) is 14.9. The molecule has 116 valence electrons. The van der Waals surface area contributed by atoms with E-state index in [9.17, 15) is 5.11 Å². The summed E-state index contributed by atoms with van der Waals surface area (Å²) in [5.41, 5.74) is 0.392. The molecule has 1 unspecified atom stereocenters. The fourth-order valence-corrected chi connectivity index (χ4v) is 3.21. The van der Waals surface area contributed by atoms with Gasteiger partial charge in [0.1, 0.15) is 0 Å². The second-order valence-electron chi connectivity index (χ2n) is 7.54. The molecule has 19 heavy (non-hydrogen) atoms. The molecule has 0 saturated heterocycles. The van der Waals surface area contributed by atoms with E-state index in [4.69, 9.17) is 0 Å². The van der Waals surface area contributed by atoms with Crippen molar-refractivity contribution in [3.63, 3.8) is 0 Å². The van der Waals surface area contributed by atoms with Gasteiger partial charge < -0.3 is 5.11 Å². The minimum absolute atomic E-state index is 0.0114. The first-order valence-electron chi connectivity index (χ1n) is 8.49. The maximum atomic E-state index is 10.5. The lowest BCUT2D eigenvalue weighted by molar-refractivity contribution is 0.00446. The summed E-state index contributed by atoms with van der Waals surface area (Å²) in [5.74, 6) is 0. The summed E-state index contributed by atoms with van der Waals surface area (Å²) >= 11 is 0. The van der Waals surface area contributed by atoms with Crippen molar-refractivity contribution in [3.8, 4) is 0 Å². The molecule has 0 fully saturated rings. The predicted molar refractivity (Wildman–Crippen MR) is 86.5 cm³/mol. The topological polar surface area (TPSA) is 20.2 Å². The van der Waals surface area contributed by atoms with E-state index in [0.717, 1.165) is 6.42 Å². The standard InChI is InChI=1S/C18H38O/c1-7-10-11-14-18(12-8-2,13-9-3)15-16(19)17(4,5)6/h16,19H,7-15H2,1-6H3. The zero-order valence-electron chi connectivity index (χ0n) is 14.4. The maximum absolute atomic E-state index is 10.5. The Hall–Kier alpha value is -0.0400. The van der Waals surface area contributed by atoms with Crippen molar-refractivity contribution in [2.45, 2.75) is 105 Å². The first kappa shape index (κ1) is 19.0. The minimum Gasteiger partial charge on any atom is -0.393 e. The van der Waals surface area contributed by atoms with E-state index in [1.165, 1.54) is 51.4 Å². The molecule has 0 aromatic heterocycles. The zero-order valence-corrected chi connectivity index (χ0v) is 14.4. The average Bonchev–Trinajstić information content (AvgIpc) is 2.28. The van der Waals surface area contributed by atoms with Crippen LogP contribution in [0.1, 0.15) is 99.3 Å². The molecule has 0 aliphatic rings. The van der Waals surface area contributed by atoms with Crippen LogP contribution in [0.5, 0.6) is 0 Å². The van der Waals surface area contributed by atoms with E-state index in [1.54, 1.807) is 0 Å². The fraction of sp³-hybridized carbons (Fsp3) is 1.00. The SMILES string of the molecule is CCCCCC(CCC)(CCC)CC(O)C(C)(C)C. The van der Waals surface area contributed by atoms with E-state index in [0.29, 0.717) is 5.41 Å². The third kappa shape index (κ3) is 7.34. The Labute approximate surface area is 122 Å². The van der Waals surface area contributed by atoms with Crippen LogP contribution >= 0.6 is 0 Å². The molecule has 1 nitrogen and oxygen atoms in total. The number of unbranched alkanes of at least 4 members (excludes halogenated alkanes) is 2. The third-order valence-electron chi connectivity index (χ3n) is 4.50. The molecule has 0 radical (unpaired) electrons. The van der Waals surface area contributed by atoms with Crippen LogP contribution in [0.15, 0.2) is 0 Å². The second-order valence-corrected chi connectivity index (χ2v) is 7.54. The second kappa shape index (κ2) is 9.00. The van der Waals surface area contributed by atoms with E-state index in [2.05, 4.69) is 41.5 Å². The highest BCUT2D eigenvalue weighted by atomic mass is 16.3. The summed E-state index contributed by atoms with van der Waals surface area (Å²) in [7, 11) is 0. The lowest BCUT2D eigenvalue weighted by atomic mass is 9.68. The Morgan fingerprint density at radius 3 is 1.68 bits per heavy atom. The van der Waals surface area contributed by atoms with Gasteiger partial charge >= 0.3 is 0 Å². The lowest BCUT2D eigenvalue weighted by Gasteiger charge is -2.39. The van der Waals surface area contributed by atoms with Crippen molar-refractivity contribution in [1.29, 1.82) is 0 Å². The van der Waals surface area contributed by atoms with Gasteiger partial charge in [0.05, 0.1) is 6.10 Å². The van der Waals surface area contributed by atoms with Gasteiger partial charge in [0.25, 0.3) is 0 Å². The van der Waals surface area contributed by atoms with Crippen LogP contribution in [0.25, 0.3) is 0 Å². The Morgan fingerprint density at radius 2 is 1.32 bits per heavy atom. The van der Waals surface area contributed by atoms with E-state index >= 15 is 0 Å². The summed E-state index contributed by atoms with van der Waals surface area (Å²) in [6.07, 6.45) is 11.1. The van der Waals surface area contributed by atoms with Crippen molar-refractivity contribution in [3.05, 3.63) is 0 Å². The van der Waals surface area contributed by atoms with Crippen molar-refractivity contribution < 1.29 is 5.11 Å². The Kier molecular flexibility index (Phi) is 8.98. The van der Waals surface area contributed by atoms with Crippen LogP contribution in [0.4, 0.5) is 0 Å². The monoisotopic (exact) mass is 270 g/mol. The first-order valence-corrected chi connectivity index (χ1v) is 8.49. The molecule has 0 bridgehead atoms. The van der Waals surface area contributed by atoms with E-state index in [-0.39, 0.29) is 11.5 Å². The van der Waals surface area contributed by atoms with Crippen molar-refractivity contribution in [1.82, 2.24) is 0 Å². The molecule has 1 atom stereocenters. The Balaban J connectivity index is 4.77. The summed E-state index contributed by atoms with van der Waals surface area (Å²) in [6.45, 7) is 13.3. The average molecular weight is 271 g/mol. The van der Waals surface area contributed by atoms with Crippen molar-refractivity contribution >= 4 is 0 Å². The first-order chi connectivity index (χ1) is 8.81. The molecule has 0 aliphatic carbocycles. The number of rotatable bonds is 10. The molecule has 0 aromatic carbocycles. The highest BCUT2D eigenvalue weighted by Gasteiger charge is 2.34. The normalized spacial score (nSPS) is 14.7. The van der Waals surface area contributed by atoms with Crippen LogP contribution in [-0.2, 0) is 0 Å². The van der Waals surface area contributed by atoms with Crippen LogP contribution in [-0.4, -0.2) is 11.2 Å². The molecular formula is C18H38O. The van der Waals surface area contributed by atoms with Crippen LogP contribution in [0, 0.1) is 10.8 Å². The maximum Gasteiger partial charge on any atom is 0.0593 e. The number of hydrogen-bond acceptors (Lipinski definition) is 1. The summed E-state index contributed by atoms with van der Waals surface area (Å²) in [6, 6.07) is 0. The fourth-order valence-electron chi connectivity index (χ4n) is 3.21. The van der Waals surface area contributed by atoms with Gasteiger partial charge in [-0.3, -0.25) is 0 Å². The van der Waals surface area contributed by atoms with Gasteiger partial charge in [-0.25, -0.2) is 0 Å². The summed E-state index contributed by atoms with van der Waals surface area (Å²) in [5, 5.41) is 10.5. The quantitative estimate of drug-likeness (QED) is 0.486. The molecule has 0 amide bonds. The molecule has 0 aromatic rings. The molecular weight excluding hydrogens is 232 g/mol. The molecule has 0 saturated carbocycles. The Morgan fingerprint density at radius 1 is 0.789 bits per heavy atom. The molecule has 0 rings (SSSR count). The number of aliphatic hydroxyl groups is 1. The van der Waals surface area contributed by atoms with Gasteiger partial charge in [0.2, 0.25) is 0 Å². The highest BCUT2D eigenvalue weighted by molar-refractivity contribution is 4.86. The Bertz CT molecular complexity index is 208. The van der Waals surface area contributed by atoms with Gasteiger partial charge in [-0.1, -0.05) is 73.6 Å². The van der Waals surface area contributed by atoms with Crippen LogP contribution in [0.2, 0.25) is 0 Å². The van der Waals surface area contributed by atoms with Gasteiger partial charge in [0.15, 0.2) is 0 Å². The summed E-state index contributed by atoms with van der Waals surface area (Å²) < 4.78 is 0. The number of aliphatic hydroxyl groups excluding tert-OH is 1. The molecule has 1 N–H and O–H groups in total. The van der Waals surface area contributed by atoms with Gasteiger partial charge in [0, 0.05) is 0 Å². The molecule has 0 aliphatic heterocycles. The summed E-state index contributed by atoms with van der Waals surface area (Å²) in [4.78, 5) is 0. The smallest absolute Gasteiger partial charge is 0.0593 e. The lowest BCUT2D eigenvalue weighted by Crippen LogP contribution is -2.34. The largest absolute Gasteiger partial charge is 0.393 e. The van der Waals surface area contributed by atoms with Crippen molar-refractivity contribution in [2.24, 2.45) is 10.8 Å². The number of hydrogen-bond donors (Lipinski definition) is 1. The van der Waals surface area contributed by atoms with Crippen LogP contribution < -0.4 is 0 Å². The van der Waals surface area contributed by atoms with Gasteiger partial charge in [-0.2, -0.15) is 0 Å². The van der Waals surface area contributed by atoms with E-state index in [1.807, 2.05) is 0 Å².